The number of carbonyl (C=O) groups excluding carboxylic acids is 1. The third kappa shape index (κ3) is 5.42. The van der Waals surface area contributed by atoms with Crippen molar-refractivity contribution in [3.63, 3.8) is 0 Å². The quantitative estimate of drug-likeness (QED) is 0.562. The normalized spacial score (nSPS) is 11.1. The van der Waals surface area contributed by atoms with Gasteiger partial charge in [0.15, 0.2) is 0 Å². The second-order valence-electron chi connectivity index (χ2n) is 6.43. The summed E-state index contributed by atoms with van der Waals surface area (Å²) in [5.41, 5.74) is 1.41. The van der Waals surface area contributed by atoms with Crippen molar-refractivity contribution in [1.82, 2.24) is 4.90 Å². The SMILES string of the molecule is CN(Cc1ccc(F)cc1)C(=O)c1cccc(NS(=O)(=O)c2ccc(Br)cc2)c1. The lowest BCUT2D eigenvalue weighted by Gasteiger charge is -2.18. The summed E-state index contributed by atoms with van der Waals surface area (Å²) in [5.74, 6) is -0.618. The highest BCUT2D eigenvalue weighted by Gasteiger charge is 2.16. The zero-order valence-corrected chi connectivity index (χ0v) is 17.9. The smallest absolute Gasteiger partial charge is 0.261 e. The van der Waals surface area contributed by atoms with Crippen LogP contribution in [-0.2, 0) is 16.6 Å². The highest BCUT2D eigenvalue weighted by atomic mass is 79.9. The molecule has 0 aromatic heterocycles. The zero-order valence-electron chi connectivity index (χ0n) is 15.5. The Kier molecular flexibility index (Phi) is 6.34. The van der Waals surface area contributed by atoms with Gasteiger partial charge in [-0.15, -0.1) is 0 Å². The topological polar surface area (TPSA) is 66.5 Å². The van der Waals surface area contributed by atoms with Crippen LogP contribution in [0.2, 0.25) is 0 Å². The maximum absolute atomic E-state index is 13.0. The summed E-state index contributed by atoms with van der Waals surface area (Å²) >= 11 is 3.27. The van der Waals surface area contributed by atoms with Gasteiger partial charge in [-0.05, 0) is 60.2 Å². The molecular formula is C21H18BrFN2O3S. The van der Waals surface area contributed by atoms with Gasteiger partial charge in [-0.25, -0.2) is 12.8 Å². The predicted molar refractivity (Wildman–Crippen MR) is 114 cm³/mol. The molecule has 0 saturated carbocycles. The molecule has 1 amide bonds. The molecule has 0 bridgehead atoms. The average Bonchev–Trinajstić information content (AvgIpc) is 2.69. The van der Waals surface area contributed by atoms with E-state index in [1.165, 1.54) is 35.2 Å². The van der Waals surface area contributed by atoms with Gasteiger partial charge in [-0.3, -0.25) is 9.52 Å². The highest BCUT2D eigenvalue weighted by molar-refractivity contribution is 9.10. The Balaban J connectivity index is 1.75. The van der Waals surface area contributed by atoms with Crippen LogP contribution in [-0.4, -0.2) is 26.3 Å². The molecule has 150 valence electrons. The van der Waals surface area contributed by atoms with E-state index in [9.17, 15) is 17.6 Å². The third-order valence-electron chi connectivity index (χ3n) is 4.17. The minimum atomic E-state index is -3.78. The van der Waals surface area contributed by atoms with Crippen LogP contribution in [0.5, 0.6) is 0 Å². The molecule has 1 N–H and O–H groups in total. The summed E-state index contributed by atoms with van der Waals surface area (Å²) in [7, 11) is -2.15. The van der Waals surface area contributed by atoms with E-state index < -0.39 is 10.0 Å². The fourth-order valence-electron chi connectivity index (χ4n) is 2.70. The van der Waals surface area contributed by atoms with Gasteiger partial charge in [0.1, 0.15) is 5.82 Å². The number of nitrogens with one attached hydrogen (secondary N) is 1. The molecule has 3 aromatic rings. The molecule has 3 aromatic carbocycles. The molecule has 0 unspecified atom stereocenters. The van der Waals surface area contributed by atoms with Gasteiger partial charge in [0, 0.05) is 29.3 Å². The van der Waals surface area contributed by atoms with Crippen LogP contribution in [0.1, 0.15) is 15.9 Å². The monoisotopic (exact) mass is 476 g/mol. The van der Waals surface area contributed by atoms with E-state index in [0.29, 0.717) is 12.1 Å². The molecule has 29 heavy (non-hydrogen) atoms. The van der Waals surface area contributed by atoms with Crippen molar-refractivity contribution in [1.29, 1.82) is 0 Å². The number of amides is 1. The van der Waals surface area contributed by atoms with Crippen LogP contribution in [0.15, 0.2) is 82.2 Å². The number of hydrogen-bond acceptors (Lipinski definition) is 3. The number of halogens is 2. The maximum Gasteiger partial charge on any atom is 0.261 e. The Bertz CT molecular complexity index is 1120. The minimum absolute atomic E-state index is 0.117. The molecule has 0 aliphatic carbocycles. The summed E-state index contributed by atoms with van der Waals surface area (Å²) in [6, 6.07) is 18.4. The Hall–Kier alpha value is -2.71. The van der Waals surface area contributed by atoms with E-state index in [2.05, 4.69) is 20.7 Å². The van der Waals surface area contributed by atoms with Gasteiger partial charge in [-0.1, -0.05) is 34.1 Å². The number of rotatable bonds is 6. The number of benzene rings is 3. The van der Waals surface area contributed by atoms with Crippen molar-refractivity contribution in [2.24, 2.45) is 0 Å². The molecule has 0 heterocycles. The lowest BCUT2D eigenvalue weighted by molar-refractivity contribution is 0.0785. The zero-order chi connectivity index (χ0) is 21.0. The van der Waals surface area contributed by atoms with Crippen molar-refractivity contribution in [3.8, 4) is 0 Å². The molecule has 0 atom stereocenters. The fourth-order valence-corrected chi connectivity index (χ4v) is 4.01. The molecule has 0 aliphatic heterocycles. The highest BCUT2D eigenvalue weighted by Crippen LogP contribution is 2.20. The Labute approximate surface area is 177 Å². The van der Waals surface area contributed by atoms with Crippen LogP contribution in [0.3, 0.4) is 0 Å². The van der Waals surface area contributed by atoms with Crippen molar-refractivity contribution < 1.29 is 17.6 Å². The van der Waals surface area contributed by atoms with Crippen molar-refractivity contribution in [2.45, 2.75) is 11.4 Å². The van der Waals surface area contributed by atoms with E-state index in [4.69, 9.17) is 0 Å². The van der Waals surface area contributed by atoms with E-state index in [-0.39, 0.29) is 22.3 Å². The molecule has 0 radical (unpaired) electrons. The number of sulfonamides is 1. The Morgan fingerprint density at radius 1 is 1.03 bits per heavy atom. The van der Waals surface area contributed by atoms with E-state index in [1.54, 1.807) is 49.5 Å². The molecular weight excluding hydrogens is 459 g/mol. The molecule has 3 rings (SSSR count). The molecule has 0 spiro atoms. The second-order valence-corrected chi connectivity index (χ2v) is 9.03. The van der Waals surface area contributed by atoms with E-state index >= 15 is 0 Å². The van der Waals surface area contributed by atoms with Crippen molar-refractivity contribution >= 4 is 37.5 Å². The maximum atomic E-state index is 13.0. The number of carbonyl (C=O) groups is 1. The first-order valence-electron chi connectivity index (χ1n) is 8.63. The van der Waals surface area contributed by atoms with Gasteiger partial charge in [0.25, 0.3) is 15.9 Å². The van der Waals surface area contributed by atoms with Gasteiger partial charge in [-0.2, -0.15) is 0 Å². The first-order valence-corrected chi connectivity index (χ1v) is 10.9. The van der Waals surface area contributed by atoms with Gasteiger partial charge in [0.2, 0.25) is 0 Å². The first kappa shape index (κ1) is 21.0. The standard InChI is InChI=1S/C21H18BrFN2O3S/c1-25(14-15-5-9-18(23)10-6-15)21(26)16-3-2-4-19(13-16)24-29(27,28)20-11-7-17(22)8-12-20/h2-13,24H,14H2,1H3. The first-order chi connectivity index (χ1) is 13.7. The average molecular weight is 477 g/mol. The van der Waals surface area contributed by atoms with Crippen LogP contribution < -0.4 is 4.72 Å². The van der Waals surface area contributed by atoms with Crippen LogP contribution in [0.25, 0.3) is 0 Å². The van der Waals surface area contributed by atoms with Gasteiger partial charge >= 0.3 is 0 Å². The fraction of sp³-hybridized carbons (Fsp3) is 0.0952. The molecule has 0 aliphatic rings. The van der Waals surface area contributed by atoms with Crippen LogP contribution in [0, 0.1) is 5.82 Å². The summed E-state index contributed by atoms with van der Waals surface area (Å²) < 4.78 is 41.4. The van der Waals surface area contributed by atoms with Crippen molar-refractivity contribution in [2.75, 3.05) is 11.8 Å². The predicted octanol–water partition coefficient (Wildman–Crippen LogP) is 4.66. The largest absolute Gasteiger partial charge is 0.337 e. The summed E-state index contributed by atoms with van der Waals surface area (Å²) in [4.78, 5) is 14.3. The number of nitrogens with zero attached hydrogens (tertiary/aromatic N) is 1. The summed E-state index contributed by atoms with van der Waals surface area (Å²) in [6.45, 7) is 0.300. The van der Waals surface area contributed by atoms with Crippen LogP contribution >= 0.6 is 15.9 Å². The number of hydrogen-bond donors (Lipinski definition) is 1. The minimum Gasteiger partial charge on any atom is -0.337 e. The third-order valence-corrected chi connectivity index (χ3v) is 6.09. The molecule has 8 heteroatoms. The second kappa shape index (κ2) is 8.75. The lowest BCUT2D eigenvalue weighted by Crippen LogP contribution is -2.26. The molecule has 5 nitrogen and oxygen atoms in total. The van der Waals surface area contributed by atoms with Gasteiger partial charge in [0.05, 0.1) is 4.90 Å². The van der Waals surface area contributed by atoms with E-state index in [1.807, 2.05) is 0 Å². The Morgan fingerprint density at radius 2 is 1.69 bits per heavy atom. The number of anilines is 1. The van der Waals surface area contributed by atoms with Gasteiger partial charge < -0.3 is 4.90 Å². The lowest BCUT2D eigenvalue weighted by atomic mass is 10.1. The van der Waals surface area contributed by atoms with E-state index in [0.717, 1.165) is 10.0 Å². The summed E-state index contributed by atoms with van der Waals surface area (Å²) in [6.07, 6.45) is 0. The Morgan fingerprint density at radius 3 is 2.34 bits per heavy atom. The summed E-state index contributed by atoms with van der Waals surface area (Å²) in [5, 5.41) is 0. The van der Waals surface area contributed by atoms with Crippen molar-refractivity contribution in [3.05, 3.63) is 94.2 Å². The van der Waals surface area contributed by atoms with Crippen LogP contribution in [0.4, 0.5) is 10.1 Å². The molecule has 0 saturated heterocycles. The molecule has 0 fully saturated rings.